The summed E-state index contributed by atoms with van der Waals surface area (Å²) < 4.78 is 4.82. The molecule has 0 fully saturated rings. The first-order valence-corrected chi connectivity index (χ1v) is 14.0. The monoisotopic (exact) mass is 546 g/mol. The minimum Gasteiger partial charge on any atom is -0.444 e. The predicted octanol–water partition coefficient (Wildman–Crippen LogP) is 6.10. The van der Waals surface area contributed by atoms with Gasteiger partial charge in [-0.3, -0.25) is 10.1 Å². The van der Waals surface area contributed by atoms with E-state index in [0.717, 1.165) is 16.7 Å². The number of alkyl carbamates (subject to hydrolysis) is 1. The maximum Gasteiger partial charge on any atom is 0.408 e. The number of thioether (sulfide) groups is 1. The van der Waals surface area contributed by atoms with Crippen molar-refractivity contribution in [2.75, 3.05) is 11.1 Å². The number of anilines is 1. The number of nitrogens with zero attached hydrogens (tertiary/aromatic N) is 2. The molecule has 38 heavy (non-hydrogen) atoms. The Labute approximate surface area is 231 Å². The SMILES string of the molecule is CC(C)(C)OC(=O)N[C@@H](CSC(c1ccccc1)(c1ccccc1)c1ccccc1)C(=O)Nc1nncs1. The van der Waals surface area contributed by atoms with Gasteiger partial charge in [-0.15, -0.1) is 22.0 Å². The highest BCUT2D eigenvalue weighted by molar-refractivity contribution is 8.00. The van der Waals surface area contributed by atoms with Crippen LogP contribution in [0.4, 0.5) is 9.93 Å². The van der Waals surface area contributed by atoms with Gasteiger partial charge in [-0.25, -0.2) is 4.79 Å². The van der Waals surface area contributed by atoms with Crippen molar-refractivity contribution >= 4 is 40.2 Å². The van der Waals surface area contributed by atoms with E-state index in [1.54, 1.807) is 32.5 Å². The van der Waals surface area contributed by atoms with E-state index in [-0.39, 0.29) is 5.75 Å². The number of benzene rings is 3. The number of rotatable bonds is 9. The van der Waals surface area contributed by atoms with Crippen molar-refractivity contribution in [3.63, 3.8) is 0 Å². The van der Waals surface area contributed by atoms with Crippen molar-refractivity contribution in [1.82, 2.24) is 15.5 Å². The van der Waals surface area contributed by atoms with Crippen molar-refractivity contribution in [3.8, 4) is 0 Å². The van der Waals surface area contributed by atoms with Crippen LogP contribution in [-0.2, 0) is 14.3 Å². The smallest absolute Gasteiger partial charge is 0.408 e. The molecule has 1 aromatic heterocycles. The van der Waals surface area contributed by atoms with E-state index in [1.807, 2.05) is 54.6 Å². The van der Waals surface area contributed by atoms with Crippen LogP contribution in [0.1, 0.15) is 37.5 Å². The molecule has 3 aromatic carbocycles. The molecule has 0 aliphatic carbocycles. The minimum atomic E-state index is -0.908. The van der Waals surface area contributed by atoms with Crippen LogP contribution in [0.2, 0.25) is 0 Å². The molecule has 0 radical (unpaired) electrons. The highest BCUT2D eigenvalue weighted by Gasteiger charge is 2.39. The fraction of sp³-hybridized carbons (Fsp3) is 0.241. The van der Waals surface area contributed by atoms with E-state index in [0.29, 0.717) is 5.13 Å². The second-order valence-electron chi connectivity index (χ2n) is 9.52. The molecule has 196 valence electrons. The fourth-order valence-electron chi connectivity index (χ4n) is 4.03. The van der Waals surface area contributed by atoms with Crippen LogP contribution < -0.4 is 10.6 Å². The number of aromatic nitrogens is 2. The molecule has 0 spiro atoms. The molecule has 0 unspecified atom stereocenters. The molecule has 4 aromatic rings. The first-order chi connectivity index (χ1) is 18.3. The lowest BCUT2D eigenvalue weighted by Gasteiger charge is -2.36. The van der Waals surface area contributed by atoms with Gasteiger partial charge in [0, 0.05) is 5.75 Å². The Bertz CT molecular complexity index is 1220. The average Bonchev–Trinajstić information content (AvgIpc) is 3.42. The van der Waals surface area contributed by atoms with E-state index in [4.69, 9.17) is 4.74 Å². The van der Waals surface area contributed by atoms with Gasteiger partial charge in [0.25, 0.3) is 0 Å². The first-order valence-electron chi connectivity index (χ1n) is 12.1. The lowest BCUT2D eigenvalue weighted by atomic mass is 9.84. The van der Waals surface area contributed by atoms with Crippen LogP contribution in [-0.4, -0.2) is 39.6 Å². The summed E-state index contributed by atoms with van der Waals surface area (Å²) in [6, 6.07) is 29.6. The van der Waals surface area contributed by atoms with Crippen LogP contribution in [0, 0.1) is 0 Å². The van der Waals surface area contributed by atoms with Crippen LogP contribution >= 0.6 is 23.1 Å². The summed E-state index contributed by atoms with van der Waals surface area (Å²) in [5.74, 6) is -0.147. The zero-order chi connectivity index (χ0) is 27.0. The standard InChI is InChI=1S/C29H30N4O3S2/c1-28(2,3)36-27(35)31-24(25(34)32-26-33-30-20-37-26)19-38-29(21-13-7-4-8-14-21,22-15-9-5-10-16-22)23-17-11-6-12-18-23/h4-18,20,24H,19H2,1-3H3,(H,31,35)(H,32,33,34)/t24-/m0/s1. The molecule has 9 heteroatoms. The normalized spacial score (nSPS) is 12.4. The van der Waals surface area contributed by atoms with Crippen molar-refractivity contribution < 1.29 is 14.3 Å². The summed E-state index contributed by atoms with van der Waals surface area (Å²) >= 11 is 2.78. The third kappa shape index (κ3) is 6.79. The van der Waals surface area contributed by atoms with Gasteiger partial charge < -0.3 is 10.1 Å². The number of nitrogens with one attached hydrogen (secondary N) is 2. The van der Waals surface area contributed by atoms with Gasteiger partial charge in [0.15, 0.2) is 0 Å². The fourth-order valence-corrected chi connectivity index (χ4v) is 6.04. The second-order valence-corrected chi connectivity index (χ2v) is 11.6. The van der Waals surface area contributed by atoms with Gasteiger partial charge >= 0.3 is 6.09 Å². The second kappa shape index (κ2) is 12.2. The van der Waals surface area contributed by atoms with Gasteiger partial charge in [0.2, 0.25) is 11.0 Å². The molecule has 0 aliphatic rings. The summed E-state index contributed by atoms with van der Waals surface area (Å²) in [7, 11) is 0. The summed E-state index contributed by atoms with van der Waals surface area (Å²) in [6.45, 7) is 5.34. The third-order valence-electron chi connectivity index (χ3n) is 5.61. The largest absolute Gasteiger partial charge is 0.444 e. The Morgan fingerprint density at radius 2 is 1.37 bits per heavy atom. The lowest BCUT2D eigenvalue weighted by molar-refractivity contribution is -0.117. The zero-order valence-corrected chi connectivity index (χ0v) is 23.1. The number of amides is 2. The van der Waals surface area contributed by atoms with Crippen molar-refractivity contribution in [2.24, 2.45) is 0 Å². The average molecular weight is 547 g/mol. The highest BCUT2D eigenvalue weighted by atomic mass is 32.2. The maximum absolute atomic E-state index is 13.4. The lowest BCUT2D eigenvalue weighted by Crippen LogP contribution is -2.48. The number of carbonyl (C=O) groups excluding carboxylic acids is 2. The summed E-state index contributed by atoms with van der Waals surface area (Å²) in [4.78, 5) is 26.1. The van der Waals surface area contributed by atoms with E-state index >= 15 is 0 Å². The summed E-state index contributed by atoms with van der Waals surface area (Å²) in [6.07, 6.45) is -0.666. The van der Waals surface area contributed by atoms with Crippen molar-refractivity contribution in [2.45, 2.75) is 37.2 Å². The van der Waals surface area contributed by atoms with Gasteiger partial charge in [-0.2, -0.15) is 0 Å². The molecule has 7 nitrogen and oxygen atoms in total. The van der Waals surface area contributed by atoms with Gasteiger partial charge in [0.05, 0.1) is 4.75 Å². The molecule has 4 rings (SSSR count). The Kier molecular flexibility index (Phi) is 8.81. The van der Waals surface area contributed by atoms with Gasteiger partial charge in [-0.05, 0) is 37.5 Å². The number of hydrogen-bond donors (Lipinski definition) is 2. The summed E-state index contributed by atoms with van der Waals surface area (Å²) in [5, 5.41) is 13.6. The van der Waals surface area contributed by atoms with E-state index < -0.39 is 28.4 Å². The first kappa shape index (κ1) is 27.3. The van der Waals surface area contributed by atoms with Crippen molar-refractivity contribution in [3.05, 3.63) is 113 Å². The van der Waals surface area contributed by atoms with E-state index in [9.17, 15) is 9.59 Å². The van der Waals surface area contributed by atoms with Gasteiger partial charge in [0.1, 0.15) is 17.2 Å². The molecule has 2 N–H and O–H groups in total. The molecular weight excluding hydrogens is 516 g/mol. The Morgan fingerprint density at radius 1 is 0.868 bits per heavy atom. The molecular formula is C29H30N4O3S2. The Hall–Kier alpha value is -3.69. The number of carbonyl (C=O) groups is 2. The topological polar surface area (TPSA) is 93.2 Å². The molecule has 0 bridgehead atoms. The molecule has 1 atom stereocenters. The minimum absolute atomic E-state index is 0.253. The molecule has 0 aliphatic heterocycles. The van der Waals surface area contributed by atoms with Crippen LogP contribution in [0.25, 0.3) is 0 Å². The number of ether oxygens (including phenoxy) is 1. The third-order valence-corrected chi connectivity index (χ3v) is 7.85. The van der Waals surface area contributed by atoms with Gasteiger partial charge in [-0.1, -0.05) is 102 Å². The molecule has 2 amide bonds. The predicted molar refractivity (Wildman–Crippen MR) is 153 cm³/mol. The Morgan fingerprint density at radius 3 is 1.79 bits per heavy atom. The highest BCUT2D eigenvalue weighted by Crippen LogP contribution is 2.48. The molecule has 0 saturated heterocycles. The van der Waals surface area contributed by atoms with E-state index in [1.165, 1.54) is 16.8 Å². The van der Waals surface area contributed by atoms with Crippen molar-refractivity contribution in [1.29, 1.82) is 0 Å². The van der Waals surface area contributed by atoms with Crippen LogP contribution in [0.3, 0.4) is 0 Å². The number of hydrogen-bond acceptors (Lipinski definition) is 7. The Balaban J connectivity index is 1.73. The maximum atomic E-state index is 13.4. The van der Waals surface area contributed by atoms with Crippen LogP contribution in [0.15, 0.2) is 96.5 Å². The quantitative estimate of drug-likeness (QED) is 0.247. The van der Waals surface area contributed by atoms with Crippen LogP contribution in [0.5, 0.6) is 0 Å². The molecule has 1 heterocycles. The molecule has 0 saturated carbocycles. The zero-order valence-electron chi connectivity index (χ0n) is 21.5. The summed E-state index contributed by atoms with van der Waals surface area (Å²) in [5.41, 5.74) is 4.00. The van der Waals surface area contributed by atoms with E-state index in [2.05, 4.69) is 57.2 Å².